The minimum absolute atomic E-state index is 0.0645. The Hall–Kier alpha value is -2.44. The Morgan fingerprint density at radius 1 is 1.29 bits per heavy atom. The lowest BCUT2D eigenvalue weighted by Gasteiger charge is -2.29. The minimum Gasteiger partial charge on any atom is -0.503 e. The van der Waals surface area contributed by atoms with E-state index in [1.165, 1.54) is 16.9 Å². The number of carbonyl (C=O) groups excluding carboxylic acids is 2. The molecule has 1 aromatic carbocycles. The second kappa shape index (κ2) is 7.89. The molecule has 1 aromatic heterocycles. The van der Waals surface area contributed by atoms with Gasteiger partial charge in [0.25, 0.3) is 5.91 Å². The summed E-state index contributed by atoms with van der Waals surface area (Å²) in [5, 5.41) is 12.5. The number of carbonyl (C=O) groups is 2. The molecular weight excluding hydrogens is 374 g/mol. The predicted molar refractivity (Wildman–Crippen MR) is 108 cm³/mol. The smallest absolute Gasteiger partial charge is 0.290 e. The Kier molecular flexibility index (Phi) is 5.33. The van der Waals surface area contributed by atoms with E-state index in [-0.39, 0.29) is 17.5 Å². The Morgan fingerprint density at radius 2 is 2.07 bits per heavy atom. The van der Waals surface area contributed by atoms with Crippen molar-refractivity contribution >= 4 is 23.0 Å². The first-order valence-corrected chi connectivity index (χ1v) is 10.5. The number of thiophene rings is 1. The van der Waals surface area contributed by atoms with E-state index in [2.05, 4.69) is 6.92 Å². The van der Waals surface area contributed by atoms with Crippen molar-refractivity contribution in [3.63, 3.8) is 0 Å². The lowest BCUT2D eigenvalue weighted by Crippen LogP contribution is -2.37. The summed E-state index contributed by atoms with van der Waals surface area (Å²) >= 11 is 1.31. The van der Waals surface area contributed by atoms with Crippen LogP contribution in [0.25, 0.3) is 0 Å². The normalized spacial score (nSPS) is 22.3. The fourth-order valence-electron chi connectivity index (χ4n) is 3.90. The number of aliphatic hydroxyl groups is 1. The summed E-state index contributed by atoms with van der Waals surface area (Å²) in [7, 11) is 0. The molecule has 28 heavy (non-hydrogen) atoms. The van der Waals surface area contributed by atoms with Crippen LogP contribution in [-0.4, -0.2) is 41.0 Å². The van der Waals surface area contributed by atoms with Crippen molar-refractivity contribution in [2.75, 3.05) is 13.2 Å². The molecule has 2 aromatic rings. The second-order valence-electron chi connectivity index (χ2n) is 7.16. The molecule has 0 radical (unpaired) electrons. The maximum atomic E-state index is 13.1. The maximum absolute atomic E-state index is 13.1. The molecule has 0 bridgehead atoms. The van der Waals surface area contributed by atoms with Crippen LogP contribution in [0.5, 0.6) is 0 Å². The number of rotatable bonds is 6. The first-order chi connectivity index (χ1) is 13.6. The molecule has 6 heteroatoms. The highest BCUT2D eigenvalue weighted by molar-refractivity contribution is 7.12. The van der Waals surface area contributed by atoms with Gasteiger partial charge in [0.15, 0.2) is 5.76 Å². The number of ketones is 1. The molecule has 1 N–H and O–H groups in total. The summed E-state index contributed by atoms with van der Waals surface area (Å²) in [5.41, 5.74) is 2.17. The van der Waals surface area contributed by atoms with Gasteiger partial charge in [-0.15, -0.1) is 11.3 Å². The van der Waals surface area contributed by atoms with Gasteiger partial charge in [0.05, 0.1) is 22.6 Å². The molecule has 4 rings (SSSR count). The van der Waals surface area contributed by atoms with Gasteiger partial charge in [0.2, 0.25) is 5.78 Å². The Balaban J connectivity index is 1.74. The van der Waals surface area contributed by atoms with Crippen LogP contribution in [0, 0.1) is 0 Å². The summed E-state index contributed by atoms with van der Waals surface area (Å²) < 4.78 is 5.71. The molecule has 0 aliphatic carbocycles. The number of nitrogens with zero attached hydrogens (tertiary/aromatic N) is 1. The number of Topliss-reactive ketones (excluding diaryl/α,β-unsaturated/α-hetero) is 1. The Bertz CT molecular complexity index is 895. The molecule has 1 saturated heterocycles. The predicted octanol–water partition coefficient (Wildman–Crippen LogP) is 4.07. The van der Waals surface area contributed by atoms with Crippen LogP contribution in [0.4, 0.5) is 0 Å². The van der Waals surface area contributed by atoms with Crippen molar-refractivity contribution in [3.05, 3.63) is 69.1 Å². The largest absolute Gasteiger partial charge is 0.503 e. The van der Waals surface area contributed by atoms with E-state index >= 15 is 0 Å². The van der Waals surface area contributed by atoms with Crippen LogP contribution in [-0.2, 0) is 16.0 Å². The molecule has 146 valence electrons. The first kappa shape index (κ1) is 18.9. The summed E-state index contributed by atoms with van der Waals surface area (Å²) in [5.74, 6) is -1.24. The number of aryl methyl sites for hydroxylation is 1. The molecule has 1 fully saturated rings. The van der Waals surface area contributed by atoms with Gasteiger partial charge < -0.3 is 14.7 Å². The van der Waals surface area contributed by atoms with Gasteiger partial charge in [-0.25, -0.2) is 0 Å². The molecule has 3 heterocycles. The van der Waals surface area contributed by atoms with Gasteiger partial charge in [-0.2, -0.15) is 0 Å². The average Bonchev–Trinajstić information content (AvgIpc) is 3.46. The van der Waals surface area contributed by atoms with E-state index < -0.39 is 17.7 Å². The van der Waals surface area contributed by atoms with Crippen LogP contribution in [0.15, 0.2) is 53.1 Å². The summed E-state index contributed by atoms with van der Waals surface area (Å²) in [6.07, 6.45) is 2.68. The standard InChI is InChI=1S/C22H23NO4S/c1-2-14-7-9-15(10-8-14)19-18(20(24)17-6-4-12-28-17)21(25)22(26)23(19)13-16-5-3-11-27-16/h4,6-10,12,16,19,25H,2-3,5,11,13H2,1H3/t16-,19-/m1/s1. The topological polar surface area (TPSA) is 66.8 Å². The lowest BCUT2D eigenvalue weighted by atomic mass is 9.94. The molecular formula is C22H23NO4S. The SMILES string of the molecule is CCc1ccc([C@@H]2C(C(=O)c3cccs3)=C(O)C(=O)N2C[C@H]2CCCO2)cc1. The zero-order chi connectivity index (χ0) is 19.7. The third-order valence-electron chi connectivity index (χ3n) is 5.42. The van der Waals surface area contributed by atoms with Gasteiger partial charge in [-0.3, -0.25) is 9.59 Å². The number of aliphatic hydroxyl groups excluding tert-OH is 1. The Labute approximate surface area is 168 Å². The monoisotopic (exact) mass is 397 g/mol. The van der Waals surface area contributed by atoms with E-state index in [1.807, 2.05) is 29.6 Å². The molecule has 0 saturated carbocycles. The fraction of sp³-hybridized carbons (Fsp3) is 0.364. The van der Waals surface area contributed by atoms with Crippen molar-refractivity contribution in [2.24, 2.45) is 0 Å². The number of amides is 1. The molecule has 2 atom stereocenters. The van der Waals surface area contributed by atoms with Gasteiger partial charge >= 0.3 is 0 Å². The minimum atomic E-state index is -0.600. The van der Waals surface area contributed by atoms with Crippen LogP contribution in [0.3, 0.4) is 0 Å². The molecule has 5 nitrogen and oxygen atoms in total. The second-order valence-corrected chi connectivity index (χ2v) is 8.11. The fourth-order valence-corrected chi connectivity index (χ4v) is 4.58. The summed E-state index contributed by atoms with van der Waals surface area (Å²) in [6.45, 7) is 3.13. The quantitative estimate of drug-likeness (QED) is 0.746. The van der Waals surface area contributed by atoms with Gasteiger partial charge in [-0.1, -0.05) is 37.3 Å². The third kappa shape index (κ3) is 3.38. The molecule has 0 unspecified atom stereocenters. The van der Waals surface area contributed by atoms with Crippen LogP contribution in [0.2, 0.25) is 0 Å². The molecule has 2 aliphatic rings. The highest BCUT2D eigenvalue weighted by atomic mass is 32.1. The zero-order valence-electron chi connectivity index (χ0n) is 15.8. The first-order valence-electron chi connectivity index (χ1n) is 9.63. The van der Waals surface area contributed by atoms with E-state index in [9.17, 15) is 14.7 Å². The molecule has 2 aliphatic heterocycles. The summed E-state index contributed by atoms with van der Waals surface area (Å²) in [6, 6.07) is 10.8. The Morgan fingerprint density at radius 3 is 2.68 bits per heavy atom. The van der Waals surface area contributed by atoms with Crippen LogP contribution >= 0.6 is 11.3 Å². The van der Waals surface area contributed by atoms with E-state index in [0.29, 0.717) is 18.0 Å². The van der Waals surface area contributed by atoms with Crippen molar-refractivity contribution in [2.45, 2.75) is 38.3 Å². The highest BCUT2D eigenvalue weighted by Gasteiger charge is 2.44. The third-order valence-corrected chi connectivity index (χ3v) is 6.29. The van der Waals surface area contributed by atoms with Gasteiger partial charge in [-0.05, 0) is 41.8 Å². The number of ether oxygens (including phenoxy) is 1. The molecule has 0 spiro atoms. The maximum Gasteiger partial charge on any atom is 0.290 e. The van der Waals surface area contributed by atoms with Crippen LogP contribution < -0.4 is 0 Å². The number of benzene rings is 1. The number of hydrogen-bond donors (Lipinski definition) is 1. The zero-order valence-corrected chi connectivity index (χ0v) is 16.6. The van der Waals surface area contributed by atoms with Crippen LogP contribution in [0.1, 0.15) is 46.6 Å². The molecule has 1 amide bonds. The van der Waals surface area contributed by atoms with Crippen molar-refractivity contribution in [3.8, 4) is 0 Å². The van der Waals surface area contributed by atoms with Crippen molar-refractivity contribution in [1.82, 2.24) is 4.90 Å². The van der Waals surface area contributed by atoms with Crippen molar-refractivity contribution in [1.29, 1.82) is 0 Å². The number of hydrogen-bond acceptors (Lipinski definition) is 5. The highest BCUT2D eigenvalue weighted by Crippen LogP contribution is 2.40. The van der Waals surface area contributed by atoms with E-state index in [1.54, 1.807) is 17.0 Å². The lowest BCUT2D eigenvalue weighted by molar-refractivity contribution is -0.131. The van der Waals surface area contributed by atoms with E-state index in [0.717, 1.165) is 24.8 Å². The van der Waals surface area contributed by atoms with E-state index in [4.69, 9.17) is 4.74 Å². The average molecular weight is 397 g/mol. The van der Waals surface area contributed by atoms with Gasteiger partial charge in [0.1, 0.15) is 0 Å². The van der Waals surface area contributed by atoms with Crippen molar-refractivity contribution < 1.29 is 19.4 Å². The van der Waals surface area contributed by atoms with Gasteiger partial charge in [0, 0.05) is 13.2 Å². The summed E-state index contributed by atoms with van der Waals surface area (Å²) in [4.78, 5) is 28.1.